The molecule has 0 saturated heterocycles. The molecule has 0 spiro atoms. The number of nitrogens with one attached hydrogen (secondary N) is 1. The van der Waals surface area contributed by atoms with Crippen LogP contribution in [0.4, 0.5) is 5.95 Å². The van der Waals surface area contributed by atoms with Crippen molar-refractivity contribution >= 4 is 23.3 Å². The van der Waals surface area contributed by atoms with Gasteiger partial charge in [0.1, 0.15) is 0 Å². The lowest BCUT2D eigenvalue weighted by molar-refractivity contribution is 0.0697. The Labute approximate surface area is 155 Å². The van der Waals surface area contributed by atoms with Crippen LogP contribution in [0.15, 0.2) is 30.6 Å². The number of aryl methyl sites for hydroxylation is 2. The Morgan fingerprint density at radius 2 is 2.00 bits per heavy atom. The van der Waals surface area contributed by atoms with Crippen LogP contribution in [-0.4, -0.2) is 31.0 Å². The van der Waals surface area contributed by atoms with Gasteiger partial charge in [-0.15, -0.1) is 11.3 Å². The average molecular weight is 369 g/mol. The van der Waals surface area contributed by atoms with E-state index in [1.165, 1.54) is 18.3 Å². The monoisotopic (exact) mass is 369 g/mol. The lowest BCUT2D eigenvalue weighted by Crippen LogP contribution is -2.04. The van der Waals surface area contributed by atoms with Gasteiger partial charge in [-0.1, -0.05) is 6.92 Å². The number of carboxylic acids is 1. The molecule has 3 aromatic rings. The molecular formula is C18H19N5O2S. The molecule has 0 aliphatic rings. The fraction of sp³-hybridized carbons (Fsp3) is 0.278. The lowest BCUT2D eigenvalue weighted by atomic mass is 10.2. The van der Waals surface area contributed by atoms with E-state index in [1.54, 1.807) is 23.6 Å². The zero-order chi connectivity index (χ0) is 18.5. The van der Waals surface area contributed by atoms with Gasteiger partial charge in [-0.05, 0) is 38.0 Å². The van der Waals surface area contributed by atoms with Crippen LogP contribution < -0.4 is 5.32 Å². The van der Waals surface area contributed by atoms with E-state index in [0.29, 0.717) is 23.9 Å². The van der Waals surface area contributed by atoms with Crippen molar-refractivity contribution in [2.45, 2.75) is 33.2 Å². The minimum absolute atomic E-state index is 0.173. The first-order chi connectivity index (χ1) is 12.6. The van der Waals surface area contributed by atoms with Gasteiger partial charge in [0, 0.05) is 17.3 Å². The Balaban J connectivity index is 1.75. The highest BCUT2D eigenvalue weighted by Gasteiger charge is 2.10. The molecule has 26 heavy (non-hydrogen) atoms. The fourth-order valence-electron chi connectivity index (χ4n) is 2.42. The number of anilines is 1. The summed E-state index contributed by atoms with van der Waals surface area (Å²) >= 11 is 1.70. The highest BCUT2D eigenvalue weighted by atomic mass is 32.1. The van der Waals surface area contributed by atoms with Crippen LogP contribution in [0.2, 0.25) is 0 Å². The summed E-state index contributed by atoms with van der Waals surface area (Å²) in [5, 5.41) is 13.5. The van der Waals surface area contributed by atoms with Gasteiger partial charge in [0.05, 0.1) is 34.2 Å². The normalized spacial score (nSPS) is 10.7. The second-order valence-electron chi connectivity index (χ2n) is 5.72. The minimum atomic E-state index is -0.996. The molecule has 0 aromatic carbocycles. The van der Waals surface area contributed by atoms with Crippen LogP contribution in [0.25, 0.3) is 11.4 Å². The minimum Gasteiger partial charge on any atom is -0.478 e. The highest BCUT2D eigenvalue weighted by molar-refractivity contribution is 7.11. The highest BCUT2D eigenvalue weighted by Crippen LogP contribution is 2.21. The van der Waals surface area contributed by atoms with Gasteiger partial charge in [-0.2, -0.15) is 0 Å². The Kier molecular flexibility index (Phi) is 5.52. The van der Waals surface area contributed by atoms with Gasteiger partial charge in [-0.25, -0.2) is 19.7 Å². The van der Waals surface area contributed by atoms with Crippen molar-refractivity contribution in [3.63, 3.8) is 0 Å². The smallest absolute Gasteiger partial charge is 0.335 e. The van der Waals surface area contributed by atoms with Crippen LogP contribution in [0.3, 0.4) is 0 Å². The molecule has 0 atom stereocenters. The number of hydrogen-bond donors (Lipinski definition) is 2. The number of pyridine rings is 1. The van der Waals surface area contributed by atoms with Gasteiger partial charge >= 0.3 is 5.97 Å². The number of rotatable bonds is 7. The van der Waals surface area contributed by atoms with E-state index in [2.05, 4.69) is 32.2 Å². The molecule has 0 unspecified atom stereocenters. The number of aromatic carboxylic acids is 1. The Morgan fingerprint density at radius 1 is 1.19 bits per heavy atom. The first-order valence-corrected chi connectivity index (χ1v) is 9.10. The summed E-state index contributed by atoms with van der Waals surface area (Å²) < 4.78 is 0. The second-order valence-corrected chi connectivity index (χ2v) is 6.89. The summed E-state index contributed by atoms with van der Waals surface area (Å²) in [6.45, 7) is 4.74. The number of carbonyl (C=O) groups is 1. The zero-order valence-corrected chi connectivity index (χ0v) is 15.4. The topological polar surface area (TPSA) is 101 Å². The molecule has 0 radical (unpaired) electrons. The number of hydrogen-bond acceptors (Lipinski definition) is 7. The lowest BCUT2D eigenvalue weighted by Gasteiger charge is -2.06. The van der Waals surface area contributed by atoms with Crippen LogP contribution in [0.1, 0.15) is 39.3 Å². The summed E-state index contributed by atoms with van der Waals surface area (Å²) in [7, 11) is 0. The third kappa shape index (κ3) is 4.20. The first kappa shape index (κ1) is 17.9. The maximum absolute atomic E-state index is 11.1. The van der Waals surface area contributed by atoms with Crippen molar-refractivity contribution in [1.82, 2.24) is 19.9 Å². The van der Waals surface area contributed by atoms with Crippen LogP contribution in [-0.2, 0) is 13.0 Å². The van der Waals surface area contributed by atoms with Crippen molar-refractivity contribution in [1.29, 1.82) is 0 Å². The van der Waals surface area contributed by atoms with Gasteiger partial charge in [0.15, 0.2) is 0 Å². The van der Waals surface area contributed by atoms with E-state index in [9.17, 15) is 4.79 Å². The Morgan fingerprint density at radius 3 is 2.77 bits per heavy atom. The molecule has 0 saturated carbocycles. The van der Waals surface area contributed by atoms with Crippen molar-refractivity contribution in [3.05, 3.63) is 51.7 Å². The van der Waals surface area contributed by atoms with E-state index >= 15 is 0 Å². The van der Waals surface area contributed by atoms with Crippen molar-refractivity contribution in [3.8, 4) is 11.4 Å². The van der Waals surface area contributed by atoms with Crippen molar-refractivity contribution < 1.29 is 9.90 Å². The molecule has 0 bridgehead atoms. The molecule has 134 valence electrons. The van der Waals surface area contributed by atoms with Gasteiger partial charge in [0.2, 0.25) is 5.95 Å². The molecule has 3 heterocycles. The third-order valence-electron chi connectivity index (χ3n) is 3.73. The molecule has 2 N–H and O–H groups in total. The van der Waals surface area contributed by atoms with E-state index in [-0.39, 0.29) is 5.56 Å². The Bertz CT molecular complexity index is 925. The zero-order valence-electron chi connectivity index (χ0n) is 14.6. The molecule has 0 aliphatic heterocycles. The largest absolute Gasteiger partial charge is 0.478 e. The SMILES string of the molecule is CCCc1nc(C)c(CNc2nccc(-c3cc(C(=O)O)ccn3)n2)s1. The molecule has 8 heteroatoms. The molecule has 0 amide bonds. The third-order valence-corrected chi connectivity index (χ3v) is 4.95. The molecule has 3 rings (SSSR count). The van der Waals surface area contributed by atoms with Crippen molar-refractivity contribution in [2.75, 3.05) is 5.32 Å². The maximum Gasteiger partial charge on any atom is 0.335 e. The number of carboxylic acid groups (broad SMARTS) is 1. The summed E-state index contributed by atoms with van der Waals surface area (Å²) in [4.78, 5) is 29.7. The molecular weight excluding hydrogens is 350 g/mol. The Hall–Kier alpha value is -2.87. The fourth-order valence-corrected chi connectivity index (χ4v) is 3.53. The van der Waals surface area contributed by atoms with Gasteiger partial charge < -0.3 is 10.4 Å². The van der Waals surface area contributed by atoms with Crippen LogP contribution in [0, 0.1) is 6.92 Å². The summed E-state index contributed by atoms with van der Waals surface area (Å²) in [5.74, 6) is -0.528. The second kappa shape index (κ2) is 8.01. The average Bonchev–Trinajstić information content (AvgIpc) is 3.00. The number of thiazole rings is 1. The van der Waals surface area contributed by atoms with E-state index in [0.717, 1.165) is 28.4 Å². The summed E-state index contributed by atoms with van der Waals surface area (Å²) in [6.07, 6.45) is 5.15. The van der Waals surface area contributed by atoms with E-state index in [4.69, 9.17) is 5.11 Å². The summed E-state index contributed by atoms with van der Waals surface area (Å²) in [6, 6.07) is 4.65. The van der Waals surface area contributed by atoms with Gasteiger partial charge in [-0.3, -0.25) is 4.98 Å². The quantitative estimate of drug-likeness (QED) is 0.656. The van der Waals surface area contributed by atoms with Crippen LogP contribution >= 0.6 is 11.3 Å². The van der Waals surface area contributed by atoms with Crippen LogP contribution in [0.5, 0.6) is 0 Å². The van der Waals surface area contributed by atoms with Gasteiger partial charge in [0.25, 0.3) is 0 Å². The number of aromatic nitrogens is 4. The molecule has 0 aliphatic carbocycles. The first-order valence-electron chi connectivity index (χ1n) is 8.28. The molecule has 0 fully saturated rings. The predicted octanol–water partition coefficient (Wildman–Crippen LogP) is 3.57. The maximum atomic E-state index is 11.1. The standard InChI is InChI=1S/C18H19N5O2S/c1-3-4-16-22-11(2)15(26-16)10-21-18-20-8-6-13(23-18)14-9-12(17(24)25)5-7-19-14/h5-9H,3-4,10H2,1-2H3,(H,24,25)(H,20,21,23). The number of nitrogens with zero attached hydrogens (tertiary/aromatic N) is 4. The molecule has 7 nitrogen and oxygen atoms in total. The summed E-state index contributed by atoms with van der Waals surface area (Å²) in [5.41, 5.74) is 2.26. The van der Waals surface area contributed by atoms with E-state index < -0.39 is 5.97 Å². The molecule has 3 aromatic heterocycles. The predicted molar refractivity (Wildman–Crippen MR) is 100 cm³/mol. The van der Waals surface area contributed by atoms with Crippen molar-refractivity contribution in [2.24, 2.45) is 0 Å². The van der Waals surface area contributed by atoms with E-state index in [1.807, 2.05) is 6.92 Å².